The molecule has 3 atom stereocenters. The van der Waals surface area contributed by atoms with Gasteiger partial charge < -0.3 is 15.1 Å². The monoisotopic (exact) mass is 399 g/mol. The number of piperidine rings is 1. The third kappa shape index (κ3) is 3.87. The molecule has 3 amide bonds. The highest BCUT2D eigenvalue weighted by molar-refractivity contribution is 6.07. The molecule has 6 nitrogen and oxygen atoms in total. The number of benzene rings is 1. The Morgan fingerprint density at radius 2 is 1.86 bits per heavy atom. The maximum Gasteiger partial charge on any atom is 0.329 e. The number of imide groups is 1. The molecule has 2 aliphatic heterocycles. The Morgan fingerprint density at radius 3 is 2.62 bits per heavy atom. The first-order valence-electron chi connectivity index (χ1n) is 11.3. The highest BCUT2D eigenvalue weighted by atomic mass is 16.2. The minimum atomic E-state index is -0.665. The number of hydrogen-bond donors (Lipinski definition) is 2. The molecule has 2 heterocycles. The molecular weight excluding hydrogens is 364 g/mol. The van der Waals surface area contributed by atoms with Gasteiger partial charge in [-0.1, -0.05) is 38.0 Å². The SMILES string of the molecule is C[C@H]1CCCC[C@@]12NC(=O)N(C[NH+](C)Cc1ccccc1N1CCCCC1)C2=O. The highest BCUT2D eigenvalue weighted by Crippen LogP contribution is 2.37. The largest absolute Gasteiger partial charge is 0.371 e. The molecule has 1 spiro atoms. The highest BCUT2D eigenvalue weighted by Gasteiger charge is 2.55. The van der Waals surface area contributed by atoms with Crippen LogP contribution in [0, 0.1) is 5.92 Å². The molecule has 3 aliphatic rings. The van der Waals surface area contributed by atoms with E-state index in [1.807, 2.05) is 0 Å². The molecule has 158 valence electrons. The predicted molar refractivity (Wildman–Crippen MR) is 114 cm³/mol. The van der Waals surface area contributed by atoms with Crippen LogP contribution in [0.5, 0.6) is 0 Å². The first-order chi connectivity index (χ1) is 14.0. The number of rotatable bonds is 5. The van der Waals surface area contributed by atoms with E-state index >= 15 is 0 Å². The average Bonchev–Trinajstić information content (AvgIpc) is 2.96. The van der Waals surface area contributed by atoms with Crippen molar-refractivity contribution in [1.82, 2.24) is 10.2 Å². The second-order valence-electron chi connectivity index (χ2n) is 9.25. The Morgan fingerprint density at radius 1 is 1.10 bits per heavy atom. The molecule has 2 N–H and O–H groups in total. The minimum Gasteiger partial charge on any atom is -0.371 e. The van der Waals surface area contributed by atoms with Crippen LogP contribution in [-0.4, -0.2) is 49.2 Å². The summed E-state index contributed by atoms with van der Waals surface area (Å²) in [6.45, 7) is 5.54. The van der Waals surface area contributed by atoms with E-state index < -0.39 is 5.54 Å². The number of nitrogens with zero attached hydrogens (tertiary/aromatic N) is 2. The van der Waals surface area contributed by atoms with E-state index in [0.717, 1.165) is 50.2 Å². The van der Waals surface area contributed by atoms with Gasteiger partial charge in [-0.3, -0.25) is 4.79 Å². The summed E-state index contributed by atoms with van der Waals surface area (Å²) in [5.74, 6) is 0.191. The summed E-state index contributed by atoms with van der Waals surface area (Å²) >= 11 is 0. The van der Waals surface area contributed by atoms with Gasteiger partial charge in [0.2, 0.25) is 0 Å². The number of para-hydroxylation sites is 1. The first kappa shape index (κ1) is 20.2. The molecule has 1 aromatic carbocycles. The van der Waals surface area contributed by atoms with E-state index in [-0.39, 0.29) is 17.9 Å². The minimum absolute atomic E-state index is 0.0154. The Kier molecular flexibility index (Phi) is 5.81. The van der Waals surface area contributed by atoms with Crippen molar-refractivity contribution in [3.8, 4) is 0 Å². The van der Waals surface area contributed by atoms with Crippen LogP contribution in [0.1, 0.15) is 57.4 Å². The fourth-order valence-corrected chi connectivity index (χ4v) is 5.39. The van der Waals surface area contributed by atoms with Gasteiger partial charge in [0.05, 0.1) is 7.05 Å². The van der Waals surface area contributed by atoms with Crippen LogP contribution < -0.4 is 15.1 Å². The number of nitrogens with one attached hydrogen (secondary N) is 2. The number of hydrogen-bond acceptors (Lipinski definition) is 3. The van der Waals surface area contributed by atoms with Crippen LogP contribution in [-0.2, 0) is 11.3 Å². The number of quaternary nitrogens is 1. The first-order valence-corrected chi connectivity index (χ1v) is 11.3. The van der Waals surface area contributed by atoms with Crippen molar-refractivity contribution in [3.05, 3.63) is 29.8 Å². The smallest absolute Gasteiger partial charge is 0.329 e. The topological polar surface area (TPSA) is 57.1 Å². The summed E-state index contributed by atoms with van der Waals surface area (Å²) in [5.41, 5.74) is 1.93. The lowest BCUT2D eigenvalue weighted by molar-refractivity contribution is -0.901. The van der Waals surface area contributed by atoms with E-state index in [0.29, 0.717) is 6.67 Å². The Balaban J connectivity index is 1.44. The van der Waals surface area contributed by atoms with Crippen molar-refractivity contribution in [2.45, 2.75) is 64.0 Å². The maximum absolute atomic E-state index is 13.2. The van der Waals surface area contributed by atoms with E-state index in [1.165, 1.54) is 35.4 Å². The van der Waals surface area contributed by atoms with E-state index in [4.69, 9.17) is 0 Å². The van der Waals surface area contributed by atoms with Crippen LogP contribution in [0.15, 0.2) is 24.3 Å². The van der Waals surface area contributed by atoms with Gasteiger partial charge in [0.15, 0.2) is 6.67 Å². The lowest BCUT2D eigenvalue weighted by Gasteiger charge is -2.36. The molecule has 3 fully saturated rings. The zero-order valence-corrected chi connectivity index (χ0v) is 17.9. The van der Waals surface area contributed by atoms with Crippen molar-refractivity contribution >= 4 is 17.6 Å². The normalized spacial score (nSPS) is 28.7. The fourth-order valence-electron chi connectivity index (χ4n) is 5.39. The lowest BCUT2D eigenvalue weighted by Crippen LogP contribution is -3.09. The Labute approximate surface area is 174 Å². The third-order valence-electron chi connectivity index (χ3n) is 7.11. The molecule has 29 heavy (non-hydrogen) atoms. The quantitative estimate of drug-likeness (QED) is 0.746. The van der Waals surface area contributed by atoms with Crippen LogP contribution in [0.4, 0.5) is 10.5 Å². The second kappa shape index (κ2) is 8.34. The summed E-state index contributed by atoms with van der Waals surface area (Å²) < 4.78 is 0. The molecule has 1 unspecified atom stereocenters. The van der Waals surface area contributed by atoms with Gasteiger partial charge in [-0.05, 0) is 44.1 Å². The molecule has 1 aromatic rings. The molecule has 0 radical (unpaired) electrons. The summed E-state index contributed by atoms with van der Waals surface area (Å²) in [7, 11) is 2.07. The number of urea groups is 1. The molecule has 0 bridgehead atoms. The van der Waals surface area contributed by atoms with Crippen LogP contribution in [0.25, 0.3) is 0 Å². The Hall–Kier alpha value is -2.08. The van der Waals surface area contributed by atoms with Crippen molar-refractivity contribution in [2.75, 3.05) is 31.7 Å². The van der Waals surface area contributed by atoms with Crippen molar-refractivity contribution in [2.24, 2.45) is 5.92 Å². The lowest BCUT2D eigenvalue weighted by atomic mass is 9.73. The second-order valence-corrected chi connectivity index (χ2v) is 9.25. The molecule has 1 saturated carbocycles. The number of amides is 3. The van der Waals surface area contributed by atoms with Gasteiger partial charge in [-0.2, -0.15) is 0 Å². The van der Waals surface area contributed by atoms with Crippen LogP contribution >= 0.6 is 0 Å². The van der Waals surface area contributed by atoms with Gasteiger partial charge in [-0.25, -0.2) is 9.69 Å². The summed E-state index contributed by atoms with van der Waals surface area (Å²) in [6, 6.07) is 8.37. The van der Waals surface area contributed by atoms with E-state index in [2.05, 4.69) is 48.5 Å². The van der Waals surface area contributed by atoms with E-state index in [9.17, 15) is 9.59 Å². The molecule has 4 rings (SSSR count). The number of carbonyl (C=O) groups is 2. The molecule has 0 aromatic heterocycles. The van der Waals surface area contributed by atoms with Crippen molar-refractivity contribution in [3.63, 3.8) is 0 Å². The summed E-state index contributed by atoms with van der Waals surface area (Å²) in [4.78, 5) is 31.0. The molecule has 2 saturated heterocycles. The van der Waals surface area contributed by atoms with Gasteiger partial charge in [0.25, 0.3) is 5.91 Å². The zero-order chi connectivity index (χ0) is 20.4. The van der Waals surface area contributed by atoms with Gasteiger partial charge in [0, 0.05) is 24.3 Å². The molecular formula is C23H35N4O2+. The van der Waals surface area contributed by atoms with Crippen molar-refractivity contribution in [1.29, 1.82) is 0 Å². The van der Waals surface area contributed by atoms with Gasteiger partial charge >= 0.3 is 6.03 Å². The van der Waals surface area contributed by atoms with Gasteiger partial charge in [0.1, 0.15) is 12.1 Å². The molecule has 1 aliphatic carbocycles. The molecule has 6 heteroatoms. The average molecular weight is 400 g/mol. The number of anilines is 1. The maximum atomic E-state index is 13.2. The van der Waals surface area contributed by atoms with Crippen LogP contribution in [0.3, 0.4) is 0 Å². The number of carbonyl (C=O) groups excluding carboxylic acids is 2. The van der Waals surface area contributed by atoms with Crippen LogP contribution in [0.2, 0.25) is 0 Å². The third-order valence-corrected chi connectivity index (χ3v) is 7.11. The standard InChI is InChI=1S/C23H34N4O2/c1-18-10-6-7-13-23(18)21(28)27(22(29)24-23)17-25(2)16-19-11-4-5-12-20(19)26-14-8-3-9-15-26/h4-5,11-12,18H,3,6-10,13-17H2,1-2H3,(H,24,29)/p+1/t18-,23+/m0/s1. The zero-order valence-electron chi connectivity index (χ0n) is 17.9. The Bertz CT molecular complexity index is 761. The van der Waals surface area contributed by atoms with Crippen molar-refractivity contribution < 1.29 is 14.5 Å². The fraction of sp³-hybridized carbons (Fsp3) is 0.652. The predicted octanol–water partition coefficient (Wildman–Crippen LogP) is 2.15. The van der Waals surface area contributed by atoms with E-state index in [1.54, 1.807) is 0 Å². The summed E-state index contributed by atoms with van der Waals surface area (Å²) in [5, 5.41) is 3.07. The summed E-state index contributed by atoms with van der Waals surface area (Å²) in [6.07, 6.45) is 7.74. The van der Waals surface area contributed by atoms with Gasteiger partial charge in [-0.15, -0.1) is 0 Å².